The van der Waals surface area contributed by atoms with Gasteiger partial charge < -0.3 is 9.47 Å². The molecule has 0 saturated heterocycles. The molecule has 0 aliphatic carbocycles. The summed E-state index contributed by atoms with van der Waals surface area (Å²) in [4.78, 5) is 4.60. The van der Waals surface area contributed by atoms with Gasteiger partial charge in [-0.1, -0.05) is 44.2 Å². The molecule has 4 rings (SSSR count). The first-order valence-electron chi connectivity index (χ1n) is 11.7. The van der Waals surface area contributed by atoms with E-state index >= 15 is 0 Å². The highest BCUT2D eigenvalue weighted by molar-refractivity contribution is 7.88. The maximum Gasteiger partial charge on any atom is 0.209 e. The first-order chi connectivity index (χ1) is 16.2. The van der Waals surface area contributed by atoms with Crippen LogP contribution in [-0.2, 0) is 29.5 Å². The van der Waals surface area contributed by atoms with E-state index in [-0.39, 0.29) is 5.92 Å². The zero-order valence-corrected chi connectivity index (χ0v) is 21.2. The van der Waals surface area contributed by atoms with E-state index < -0.39 is 16.1 Å². The Kier molecular flexibility index (Phi) is 7.35. The third-order valence-electron chi connectivity index (χ3n) is 6.31. The topological polar surface area (TPSA) is 83.4 Å². The highest BCUT2D eigenvalue weighted by atomic mass is 32.2. The van der Waals surface area contributed by atoms with Gasteiger partial charge in [-0.15, -0.1) is 10.2 Å². The molecule has 0 saturated carbocycles. The summed E-state index contributed by atoms with van der Waals surface area (Å²) in [5, 5.41) is 8.77. The lowest BCUT2D eigenvalue weighted by Gasteiger charge is -2.23. The zero-order valence-electron chi connectivity index (χ0n) is 20.3. The highest BCUT2D eigenvalue weighted by Gasteiger charge is 2.28. The molecular weight excluding hydrogens is 448 g/mol. The van der Waals surface area contributed by atoms with Crippen LogP contribution in [0.4, 0.5) is 11.4 Å². The first-order valence-corrected chi connectivity index (χ1v) is 13.6. The summed E-state index contributed by atoms with van der Waals surface area (Å²) in [5.74, 6) is 1.68. The largest absolute Gasteiger partial charge is 0.345 e. The van der Waals surface area contributed by atoms with Gasteiger partial charge >= 0.3 is 0 Å². The molecule has 0 amide bonds. The van der Waals surface area contributed by atoms with Crippen LogP contribution < -0.4 is 9.62 Å². The van der Waals surface area contributed by atoms with Gasteiger partial charge in [0, 0.05) is 51.0 Å². The number of nitrogens with one attached hydrogen (secondary N) is 1. The van der Waals surface area contributed by atoms with E-state index in [9.17, 15) is 8.42 Å². The molecule has 3 aromatic rings. The molecule has 2 heterocycles. The number of fused-ring (bicyclic) bond motifs is 1. The van der Waals surface area contributed by atoms with Crippen molar-refractivity contribution in [3.8, 4) is 0 Å². The summed E-state index contributed by atoms with van der Waals surface area (Å²) in [6.45, 7) is 7.32. The van der Waals surface area contributed by atoms with Gasteiger partial charge in [-0.3, -0.25) is 4.90 Å². The number of hydrogen-bond donors (Lipinski definition) is 1. The molecule has 1 aliphatic rings. The Morgan fingerprint density at radius 1 is 0.971 bits per heavy atom. The summed E-state index contributed by atoms with van der Waals surface area (Å²) >= 11 is 0. The Morgan fingerprint density at radius 3 is 2.29 bits per heavy atom. The van der Waals surface area contributed by atoms with Crippen molar-refractivity contribution in [1.29, 1.82) is 0 Å². The Morgan fingerprint density at radius 2 is 1.65 bits per heavy atom. The van der Waals surface area contributed by atoms with Crippen LogP contribution in [0.3, 0.4) is 0 Å². The van der Waals surface area contributed by atoms with Gasteiger partial charge in [-0.05, 0) is 35.7 Å². The summed E-state index contributed by atoms with van der Waals surface area (Å²) < 4.78 is 28.6. The molecule has 182 valence electrons. The lowest BCUT2D eigenvalue weighted by atomic mass is 10.1. The standard InChI is InChI=1S/C25H34N6O2S/c1-19(2)24(28-34(4,32)33)25-27-26-23-14-15-30(16-17-31(23)25)18-20-10-12-22(13-11-20)29(3)21-8-6-5-7-9-21/h5-13,19,24,28H,14-18H2,1-4H3/t24-/m1/s1. The first kappa shape index (κ1) is 24.4. The molecule has 1 aromatic heterocycles. The number of rotatable bonds is 8. The Labute approximate surface area is 202 Å². The van der Waals surface area contributed by atoms with Crippen molar-refractivity contribution in [2.45, 2.75) is 39.4 Å². The molecule has 1 aliphatic heterocycles. The lowest BCUT2D eigenvalue weighted by molar-refractivity contribution is 0.269. The van der Waals surface area contributed by atoms with E-state index in [1.807, 2.05) is 32.0 Å². The van der Waals surface area contributed by atoms with E-state index in [2.05, 4.69) is 72.7 Å². The second-order valence-electron chi connectivity index (χ2n) is 9.32. The van der Waals surface area contributed by atoms with E-state index in [1.54, 1.807) is 0 Å². The SMILES string of the molecule is CC(C)[C@@H](NS(C)(=O)=O)c1nnc2n1CCN(Cc1ccc(N(C)c3ccccc3)cc1)CC2. The second kappa shape index (κ2) is 10.2. The van der Waals surface area contributed by atoms with Crippen molar-refractivity contribution in [2.75, 3.05) is 31.3 Å². The molecule has 1 atom stereocenters. The van der Waals surface area contributed by atoms with Crippen LogP contribution >= 0.6 is 0 Å². The smallest absolute Gasteiger partial charge is 0.209 e. The van der Waals surface area contributed by atoms with Crippen LogP contribution in [-0.4, -0.2) is 54.5 Å². The average molecular weight is 483 g/mol. The monoisotopic (exact) mass is 482 g/mol. The van der Waals surface area contributed by atoms with Gasteiger partial charge in [-0.2, -0.15) is 0 Å². The van der Waals surface area contributed by atoms with E-state index in [0.29, 0.717) is 5.82 Å². The minimum Gasteiger partial charge on any atom is -0.345 e. The molecule has 0 spiro atoms. The van der Waals surface area contributed by atoms with Crippen molar-refractivity contribution in [3.05, 3.63) is 71.8 Å². The van der Waals surface area contributed by atoms with Gasteiger partial charge in [0.2, 0.25) is 10.0 Å². The zero-order chi connectivity index (χ0) is 24.3. The molecular formula is C25H34N6O2S. The number of para-hydroxylation sites is 1. The minimum atomic E-state index is -3.35. The van der Waals surface area contributed by atoms with E-state index in [0.717, 1.165) is 49.8 Å². The van der Waals surface area contributed by atoms with Gasteiger partial charge in [0.15, 0.2) is 5.82 Å². The van der Waals surface area contributed by atoms with Crippen LogP contribution in [0.2, 0.25) is 0 Å². The molecule has 0 fully saturated rings. The van der Waals surface area contributed by atoms with Crippen LogP contribution in [0.1, 0.15) is 37.1 Å². The van der Waals surface area contributed by atoms with E-state index in [4.69, 9.17) is 0 Å². The molecule has 34 heavy (non-hydrogen) atoms. The number of sulfonamides is 1. The number of nitrogens with zero attached hydrogens (tertiary/aromatic N) is 5. The van der Waals surface area contributed by atoms with Crippen molar-refractivity contribution < 1.29 is 8.42 Å². The molecule has 1 N–H and O–H groups in total. The number of hydrogen-bond acceptors (Lipinski definition) is 6. The number of benzene rings is 2. The fourth-order valence-electron chi connectivity index (χ4n) is 4.38. The van der Waals surface area contributed by atoms with Crippen molar-refractivity contribution in [3.63, 3.8) is 0 Å². The molecule has 2 aromatic carbocycles. The Hall–Kier alpha value is -2.75. The average Bonchev–Trinajstić information content (AvgIpc) is 3.11. The van der Waals surface area contributed by atoms with Gasteiger partial charge in [-0.25, -0.2) is 13.1 Å². The third-order valence-corrected chi connectivity index (χ3v) is 6.99. The van der Waals surface area contributed by atoms with Gasteiger partial charge in [0.05, 0.1) is 12.3 Å². The predicted octanol–water partition coefficient (Wildman–Crippen LogP) is 3.35. The van der Waals surface area contributed by atoms with Crippen LogP contribution in [0, 0.1) is 5.92 Å². The van der Waals surface area contributed by atoms with Crippen LogP contribution in [0.25, 0.3) is 0 Å². The lowest BCUT2D eigenvalue weighted by Crippen LogP contribution is -2.33. The summed E-state index contributed by atoms with van der Waals surface area (Å²) in [7, 11) is -1.28. The maximum atomic E-state index is 11.9. The second-order valence-corrected chi connectivity index (χ2v) is 11.1. The normalized spacial score (nSPS) is 15.7. The quantitative estimate of drug-likeness (QED) is 0.530. The minimum absolute atomic E-state index is 0.0647. The van der Waals surface area contributed by atoms with Crippen molar-refractivity contribution in [1.82, 2.24) is 24.4 Å². The Balaban J connectivity index is 1.42. The Bertz CT molecular complexity index is 1190. The van der Waals surface area contributed by atoms with Gasteiger partial charge in [0.25, 0.3) is 0 Å². The van der Waals surface area contributed by atoms with Crippen molar-refractivity contribution >= 4 is 21.4 Å². The highest BCUT2D eigenvalue weighted by Crippen LogP contribution is 2.25. The molecule has 0 unspecified atom stereocenters. The summed E-state index contributed by atoms with van der Waals surface area (Å²) in [6.07, 6.45) is 1.97. The third kappa shape index (κ3) is 5.84. The van der Waals surface area contributed by atoms with Crippen LogP contribution in [0.5, 0.6) is 0 Å². The van der Waals surface area contributed by atoms with Crippen LogP contribution in [0.15, 0.2) is 54.6 Å². The molecule has 8 nitrogen and oxygen atoms in total. The van der Waals surface area contributed by atoms with E-state index in [1.165, 1.54) is 11.8 Å². The predicted molar refractivity (Wildman–Crippen MR) is 136 cm³/mol. The summed E-state index contributed by atoms with van der Waals surface area (Å²) in [6, 6.07) is 18.6. The fraction of sp³-hybridized carbons (Fsp3) is 0.440. The maximum absolute atomic E-state index is 11.9. The summed E-state index contributed by atoms with van der Waals surface area (Å²) in [5.41, 5.74) is 3.58. The molecule has 0 radical (unpaired) electrons. The number of aromatic nitrogens is 3. The van der Waals surface area contributed by atoms with Gasteiger partial charge in [0.1, 0.15) is 5.82 Å². The number of anilines is 2. The fourth-order valence-corrected chi connectivity index (χ4v) is 5.22. The van der Waals surface area contributed by atoms with Crippen molar-refractivity contribution in [2.24, 2.45) is 5.92 Å². The molecule has 0 bridgehead atoms. The molecule has 9 heteroatoms.